The molecular weight excluding hydrogens is 268 g/mol. The van der Waals surface area contributed by atoms with Crippen molar-refractivity contribution in [1.82, 2.24) is 10.2 Å². The first-order valence-electron chi connectivity index (χ1n) is 6.24. The predicted octanol–water partition coefficient (Wildman–Crippen LogP) is 1.19. The standard InChI is InChI=1S/C12H17ClN4O2/c13-9-6-8(10(14)19)11(17-16-9)15-7-12(4-5-18)2-1-3-12/h6,18H,1-5,7H2,(H2,14,19)(H,15,17). The monoisotopic (exact) mass is 284 g/mol. The minimum atomic E-state index is -0.593. The van der Waals surface area contributed by atoms with Gasteiger partial charge in [-0.05, 0) is 30.7 Å². The number of halogens is 1. The number of hydrogen-bond acceptors (Lipinski definition) is 5. The summed E-state index contributed by atoms with van der Waals surface area (Å²) in [7, 11) is 0. The summed E-state index contributed by atoms with van der Waals surface area (Å²) < 4.78 is 0. The van der Waals surface area contributed by atoms with E-state index in [0.717, 1.165) is 25.7 Å². The van der Waals surface area contributed by atoms with Crippen LogP contribution in [0.5, 0.6) is 0 Å². The third kappa shape index (κ3) is 3.13. The Hall–Kier alpha value is -1.40. The average Bonchev–Trinajstić information content (AvgIpc) is 2.33. The van der Waals surface area contributed by atoms with Crippen molar-refractivity contribution < 1.29 is 9.90 Å². The molecule has 0 aliphatic heterocycles. The number of nitrogens with zero attached hydrogens (tertiary/aromatic N) is 2. The molecule has 0 spiro atoms. The van der Waals surface area contributed by atoms with Gasteiger partial charge in [0.05, 0.1) is 5.56 Å². The Kier molecular flexibility index (Phi) is 4.21. The van der Waals surface area contributed by atoms with Crippen LogP contribution in [0.1, 0.15) is 36.0 Å². The Bertz CT molecular complexity index is 477. The molecule has 0 radical (unpaired) electrons. The van der Waals surface area contributed by atoms with Crippen LogP contribution in [0, 0.1) is 5.41 Å². The fourth-order valence-corrected chi connectivity index (χ4v) is 2.53. The Morgan fingerprint density at radius 2 is 2.26 bits per heavy atom. The molecule has 1 aliphatic rings. The molecule has 1 fully saturated rings. The Morgan fingerprint density at radius 3 is 2.79 bits per heavy atom. The van der Waals surface area contributed by atoms with Crippen molar-refractivity contribution in [3.63, 3.8) is 0 Å². The minimum Gasteiger partial charge on any atom is -0.396 e. The van der Waals surface area contributed by atoms with Gasteiger partial charge in [-0.25, -0.2) is 0 Å². The number of aromatic nitrogens is 2. The summed E-state index contributed by atoms with van der Waals surface area (Å²) in [6.07, 6.45) is 4.03. The summed E-state index contributed by atoms with van der Waals surface area (Å²) in [5, 5.41) is 19.9. The maximum absolute atomic E-state index is 11.3. The van der Waals surface area contributed by atoms with Gasteiger partial charge >= 0.3 is 0 Å². The summed E-state index contributed by atoms with van der Waals surface area (Å²) in [5.41, 5.74) is 5.61. The maximum atomic E-state index is 11.3. The van der Waals surface area contributed by atoms with E-state index in [1.165, 1.54) is 6.07 Å². The molecule has 104 valence electrons. The van der Waals surface area contributed by atoms with Gasteiger partial charge in [0, 0.05) is 13.2 Å². The molecule has 1 aromatic heterocycles. The topological polar surface area (TPSA) is 101 Å². The maximum Gasteiger partial charge on any atom is 0.252 e. The number of hydrogen-bond donors (Lipinski definition) is 3. The number of nitrogens with two attached hydrogens (primary N) is 1. The molecule has 1 saturated carbocycles. The fourth-order valence-electron chi connectivity index (χ4n) is 2.39. The lowest BCUT2D eigenvalue weighted by Gasteiger charge is -2.42. The molecule has 0 aromatic carbocycles. The second-order valence-electron chi connectivity index (χ2n) is 4.97. The molecule has 2 rings (SSSR count). The molecule has 6 nitrogen and oxygen atoms in total. The summed E-state index contributed by atoms with van der Waals surface area (Å²) in [6, 6.07) is 1.40. The largest absolute Gasteiger partial charge is 0.396 e. The van der Waals surface area contributed by atoms with Crippen molar-refractivity contribution >= 4 is 23.3 Å². The van der Waals surface area contributed by atoms with Crippen LogP contribution in [-0.4, -0.2) is 34.4 Å². The molecule has 0 atom stereocenters. The highest BCUT2D eigenvalue weighted by Crippen LogP contribution is 2.43. The highest BCUT2D eigenvalue weighted by atomic mass is 35.5. The van der Waals surface area contributed by atoms with Crippen LogP contribution in [0.25, 0.3) is 0 Å². The van der Waals surface area contributed by atoms with Crippen molar-refractivity contribution in [2.45, 2.75) is 25.7 Å². The number of primary amides is 1. The number of carbonyl (C=O) groups is 1. The van der Waals surface area contributed by atoms with Gasteiger partial charge in [0.15, 0.2) is 11.0 Å². The third-order valence-electron chi connectivity index (χ3n) is 3.72. The molecule has 7 heteroatoms. The zero-order valence-corrected chi connectivity index (χ0v) is 11.3. The van der Waals surface area contributed by atoms with Crippen LogP contribution in [0.15, 0.2) is 6.07 Å². The molecule has 0 bridgehead atoms. The summed E-state index contributed by atoms with van der Waals surface area (Å²) in [4.78, 5) is 11.3. The van der Waals surface area contributed by atoms with E-state index in [9.17, 15) is 4.79 Å². The predicted molar refractivity (Wildman–Crippen MR) is 72.0 cm³/mol. The van der Waals surface area contributed by atoms with Gasteiger partial charge in [-0.3, -0.25) is 4.79 Å². The Balaban J connectivity index is 2.09. The van der Waals surface area contributed by atoms with E-state index in [2.05, 4.69) is 15.5 Å². The van der Waals surface area contributed by atoms with Gasteiger partial charge in [-0.1, -0.05) is 18.0 Å². The number of amides is 1. The number of nitrogens with one attached hydrogen (secondary N) is 1. The summed E-state index contributed by atoms with van der Waals surface area (Å²) in [5.74, 6) is -0.245. The molecular formula is C12H17ClN4O2. The fraction of sp³-hybridized carbons (Fsp3) is 0.583. The molecule has 1 amide bonds. The zero-order valence-electron chi connectivity index (χ0n) is 10.5. The normalized spacial score (nSPS) is 16.7. The van der Waals surface area contributed by atoms with Crippen molar-refractivity contribution in [3.8, 4) is 0 Å². The molecule has 1 heterocycles. The van der Waals surface area contributed by atoms with Crippen LogP contribution in [-0.2, 0) is 0 Å². The minimum absolute atomic E-state index is 0.0883. The zero-order chi connectivity index (χ0) is 13.9. The van der Waals surface area contributed by atoms with Gasteiger partial charge in [-0.2, -0.15) is 0 Å². The van der Waals surface area contributed by atoms with E-state index in [1.807, 2.05) is 0 Å². The van der Waals surface area contributed by atoms with Gasteiger partial charge in [0.2, 0.25) is 0 Å². The van der Waals surface area contributed by atoms with Crippen LogP contribution in [0.2, 0.25) is 5.15 Å². The van der Waals surface area contributed by atoms with Crippen LogP contribution >= 0.6 is 11.6 Å². The summed E-state index contributed by atoms with van der Waals surface area (Å²) in [6.45, 7) is 0.806. The van der Waals surface area contributed by atoms with Gasteiger partial charge in [-0.15, -0.1) is 10.2 Å². The molecule has 1 aromatic rings. The van der Waals surface area contributed by atoms with E-state index in [4.69, 9.17) is 22.4 Å². The lowest BCUT2D eigenvalue weighted by Crippen LogP contribution is -2.38. The lowest BCUT2D eigenvalue weighted by atomic mass is 9.67. The van der Waals surface area contributed by atoms with E-state index < -0.39 is 5.91 Å². The molecule has 19 heavy (non-hydrogen) atoms. The number of rotatable bonds is 6. The molecule has 0 unspecified atom stereocenters. The first-order valence-corrected chi connectivity index (χ1v) is 6.62. The number of aliphatic hydroxyl groups excluding tert-OH is 1. The first kappa shape index (κ1) is 14.0. The van der Waals surface area contributed by atoms with Crippen LogP contribution in [0.3, 0.4) is 0 Å². The van der Waals surface area contributed by atoms with Crippen LogP contribution in [0.4, 0.5) is 5.82 Å². The van der Waals surface area contributed by atoms with E-state index in [0.29, 0.717) is 12.4 Å². The van der Waals surface area contributed by atoms with E-state index in [1.54, 1.807) is 0 Å². The van der Waals surface area contributed by atoms with E-state index >= 15 is 0 Å². The second kappa shape index (κ2) is 5.71. The first-order chi connectivity index (χ1) is 9.06. The number of anilines is 1. The molecule has 1 aliphatic carbocycles. The van der Waals surface area contributed by atoms with E-state index in [-0.39, 0.29) is 22.7 Å². The van der Waals surface area contributed by atoms with Gasteiger partial charge < -0.3 is 16.2 Å². The smallest absolute Gasteiger partial charge is 0.252 e. The van der Waals surface area contributed by atoms with Crippen molar-refractivity contribution in [1.29, 1.82) is 0 Å². The Labute approximate surface area is 116 Å². The Morgan fingerprint density at radius 1 is 1.53 bits per heavy atom. The third-order valence-corrected chi connectivity index (χ3v) is 3.90. The van der Waals surface area contributed by atoms with Crippen molar-refractivity contribution in [2.75, 3.05) is 18.5 Å². The summed E-state index contributed by atoms with van der Waals surface area (Å²) >= 11 is 5.70. The SMILES string of the molecule is NC(=O)c1cc(Cl)nnc1NCC1(CCO)CCC1. The quantitative estimate of drug-likeness (QED) is 0.728. The number of aliphatic hydroxyl groups is 1. The molecule has 4 N–H and O–H groups in total. The number of carbonyl (C=O) groups excluding carboxylic acids is 1. The molecule has 0 saturated heterocycles. The average molecular weight is 285 g/mol. The van der Waals surface area contributed by atoms with Crippen LogP contribution < -0.4 is 11.1 Å². The van der Waals surface area contributed by atoms with Crippen molar-refractivity contribution in [3.05, 3.63) is 16.8 Å². The van der Waals surface area contributed by atoms with Gasteiger partial charge in [0.1, 0.15) is 0 Å². The van der Waals surface area contributed by atoms with Crippen molar-refractivity contribution in [2.24, 2.45) is 11.1 Å². The second-order valence-corrected chi connectivity index (χ2v) is 5.36. The van der Waals surface area contributed by atoms with Gasteiger partial charge in [0.25, 0.3) is 5.91 Å². The lowest BCUT2D eigenvalue weighted by molar-refractivity contribution is 0.0990. The highest BCUT2D eigenvalue weighted by molar-refractivity contribution is 6.29. The highest BCUT2D eigenvalue weighted by Gasteiger charge is 2.36.